The molecule has 0 saturated heterocycles. The minimum absolute atomic E-state index is 0.341. The Morgan fingerprint density at radius 2 is 1.54 bits per heavy atom. The standard InChI is InChI=1S/C6H10N2O5/c9-3-5(11)7-1-4(10)8-2-6(12)13/h9H,1-3H2,(H,7,11)(H,8,10)(H,12,13). The monoisotopic (exact) mass is 190 g/mol. The zero-order valence-electron chi connectivity index (χ0n) is 6.74. The van der Waals surface area contributed by atoms with Crippen LogP contribution in [-0.4, -0.2) is 47.7 Å². The van der Waals surface area contributed by atoms with Crippen LogP contribution in [0.3, 0.4) is 0 Å². The molecule has 0 aromatic heterocycles. The van der Waals surface area contributed by atoms with Gasteiger partial charge in [-0.1, -0.05) is 0 Å². The molecule has 0 saturated carbocycles. The molecular weight excluding hydrogens is 180 g/mol. The summed E-state index contributed by atoms with van der Waals surface area (Å²) in [6, 6.07) is 0. The lowest BCUT2D eigenvalue weighted by molar-refractivity contribution is -0.137. The van der Waals surface area contributed by atoms with Crippen molar-refractivity contribution in [2.45, 2.75) is 0 Å². The van der Waals surface area contributed by atoms with Crippen molar-refractivity contribution in [2.75, 3.05) is 19.7 Å². The molecule has 0 aromatic rings. The molecule has 0 aliphatic heterocycles. The van der Waals surface area contributed by atoms with E-state index in [-0.39, 0.29) is 6.54 Å². The molecule has 0 bridgehead atoms. The number of carbonyl (C=O) groups is 3. The Balaban J connectivity index is 3.52. The van der Waals surface area contributed by atoms with Crippen molar-refractivity contribution in [1.82, 2.24) is 10.6 Å². The van der Waals surface area contributed by atoms with E-state index in [1.807, 2.05) is 5.32 Å². The molecule has 2 amide bonds. The molecule has 0 aromatic carbocycles. The lowest BCUT2D eigenvalue weighted by Gasteiger charge is -2.02. The lowest BCUT2D eigenvalue weighted by Crippen LogP contribution is -2.39. The second-order valence-electron chi connectivity index (χ2n) is 2.11. The van der Waals surface area contributed by atoms with Gasteiger partial charge in [0, 0.05) is 0 Å². The average molecular weight is 190 g/mol. The summed E-state index contributed by atoms with van der Waals surface area (Å²) in [4.78, 5) is 31.1. The van der Waals surface area contributed by atoms with Crippen LogP contribution in [0.4, 0.5) is 0 Å². The number of amides is 2. The van der Waals surface area contributed by atoms with E-state index in [0.717, 1.165) is 0 Å². The van der Waals surface area contributed by atoms with Gasteiger partial charge < -0.3 is 20.8 Å². The first kappa shape index (κ1) is 11.4. The van der Waals surface area contributed by atoms with E-state index in [1.165, 1.54) is 0 Å². The molecule has 0 fully saturated rings. The van der Waals surface area contributed by atoms with Gasteiger partial charge in [0.25, 0.3) is 0 Å². The van der Waals surface area contributed by atoms with Crippen LogP contribution in [0.25, 0.3) is 0 Å². The summed E-state index contributed by atoms with van der Waals surface area (Å²) in [5, 5.41) is 20.5. The number of carbonyl (C=O) groups excluding carboxylic acids is 2. The van der Waals surface area contributed by atoms with Gasteiger partial charge in [-0.05, 0) is 0 Å². The molecular formula is C6H10N2O5. The third-order valence-corrected chi connectivity index (χ3v) is 1.03. The van der Waals surface area contributed by atoms with Crippen molar-refractivity contribution in [3.05, 3.63) is 0 Å². The SMILES string of the molecule is O=C(O)CNC(=O)CNC(=O)CO. The van der Waals surface area contributed by atoms with Gasteiger partial charge >= 0.3 is 5.97 Å². The first-order valence-electron chi connectivity index (χ1n) is 3.42. The molecule has 0 atom stereocenters. The van der Waals surface area contributed by atoms with Crippen molar-refractivity contribution in [2.24, 2.45) is 0 Å². The van der Waals surface area contributed by atoms with Crippen LogP contribution in [0.1, 0.15) is 0 Å². The van der Waals surface area contributed by atoms with Crippen LogP contribution in [-0.2, 0) is 14.4 Å². The molecule has 0 radical (unpaired) electrons. The Labute approximate surface area is 73.7 Å². The third-order valence-electron chi connectivity index (χ3n) is 1.03. The Morgan fingerprint density at radius 1 is 1.00 bits per heavy atom. The number of rotatable bonds is 5. The summed E-state index contributed by atoms with van der Waals surface area (Å²) in [6.07, 6.45) is 0. The molecule has 13 heavy (non-hydrogen) atoms. The van der Waals surface area contributed by atoms with Crippen LogP contribution in [0.2, 0.25) is 0 Å². The molecule has 74 valence electrons. The summed E-state index contributed by atoms with van der Waals surface area (Å²) in [5.74, 6) is -2.48. The van der Waals surface area contributed by atoms with Gasteiger partial charge in [0.2, 0.25) is 11.8 Å². The van der Waals surface area contributed by atoms with E-state index in [2.05, 4.69) is 5.32 Å². The van der Waals surface area contributed by atoms with Gasteiger partial charge in [0.05, 0.1) is 6.54 Å². The summed E-state index contributed by atoms with van der Waals surface area (Å²) in [7, 11) is 0. The Hall–Kier alpha value is -1.63. The van der Waals surface area contributed by atoms with E-state index in [0.29, 0.717) is 0 Å². The fraction of sp³-hybridized carbons (Fsp3) is 0.500. The normalized spacial score (nSPS) is 9.00. The van der Waals surface area contributed by atoms with Crippen molar-refractivity contribution in [3.63, 3.8) is 0 Å². The van der Waals surface area contributed by atoms with Crippen molar-refractivity contribution < 1.29 is 24.6 Å². The molecule has 7 heteroatoms. The van der Waals surface area contributed by atoms with Gasteiger partial charge in [0.1, 0.15) is 13.2 Å². The first-order chi connectivity index (χ1) is 6.06. The van der Waals surface area contributed by atoms with Crippen molar-refractivity contribution in [1.29, 1.82) is 0 Å². The van der Waals surface area contributed by atoms with Gasteiger partial charge in [0.15, 0.2) is 0 Å². The number of aliphatic hydroxyl groups excluding tert-OH is 1. The smallest absolute Gasteiger partial charge is 0.322 e. The molecule has 4 N–H and O–H groups in total. The average Bonchev–Trinajstić information content (AvgIpc) is 2.10. The Morgan fingerprint density at radius 3 is 2.00 bits per heavy atom. The van der Waals surface area contributed by atoms with Crippen LogP contribution in [0.15, 0.2) is 0 Å². The summed E-state index contributed by atoms with van der Waals surface area (Å²) in [6.45, 7) is -1.54. The summed E-state index contributed by atoms with van der Waals surface area (Å²) in [5.41, 5.74) is 0. The highest BCUT2D eigenvalue weighted by molar-refractivity contribution is 5.86. The molecule has 0 aliphatic rings. The van der Waals surface area contributed by atoms with E-state index in [1.54, 1.807) is 0 Å². The van der Waals surface area contributed by atoms with Gasteiger partial charge in [-0.2, -0.15) is 0 Å². The highest BCUT2D eigenvalue weighted by Crippen LogP contribution is 1.67. The van der Waals surface area contributed by atoms with Gasteiger partial charge in [-0.3, -0.25) is 14.4 Å². The van der Waals surface area contributed by atoms with E-state index >= 15 is 0 Å². The van der Waals surface area contributed by atoms with Crippen LogP contribution < -0.4 is 10.6 Å². The third kappa shape index (κ3) is 6.76. The fourth-order valence-electron chi connectivity index (χ4n) is 0.471. The van der Waals surface area contributed by atoms with Crippen molar-refractivity contribution >= 4 is 17.8 Å². The largest absolute Gasteiger partial charge is 0.480 e. The molecule has 7 nitrogen and oxygen atoms in total. The maximum atomic E-state index is 10.7. The number of hydrogen-bond donors (Lipinski definition) is 4. The topological polar surface area (TPSA) is 116 Å². The van der Waals surface area contributed by atoms with E-state index < -0.39 is 30.9 Å². The molecule has 0 heterocycles. The summed E-state index contributed by atoms with van der Waals surface area (Å²) >= 11 is 0. The molecule has 0 aliphatic carbocycles. The Bertz CT molecular complexity index is 215. The predicted molar refractivity (Wildman–Crippen MR) is 40.7 cm³/mol. The quantitative estimate of drug-likeness (QED) is 0.376. The van der Waals surface area contributed by atoms with Crippen LogP contribution >= 0.6 is 0 Å². The number of aliphatic hydroxyl groups is 1. The van der Waals surface area contributed by atoms with E-state index in [4.69, 9.17) is 10.2 Å². The molecule has 0 rings (SSSR count). The maximum absolute atomic E-state index is 10.7. The predicted octanol–water partition coefficient (Wildman–Crippen LogP) is -2.70. The van der Waals surface area contributed by atoms with Gasteiger partial charge in [-0.25, -0.2) is 0 Å². The van der Waals surface area contributed by atoms with E-state index in [9.17, 15) is 14.4 Å². The number of aliphatic carboxylic acids is 1. The number of carboxylic acids is 1. The lowest BCUT2D eigenvalue weighted by atomic mass is 10.5. The van der Waals surface area contributed by atoms with Gasteiger partial charge in [-0.15, -0.1) is 0 Å². The highest BCUT2D eigenvalue weighted by Gasteiger charge is 2.04. The first-order valence-corrected chi connectivity index (χ1v) is 3.42. The number of carboxylic acid groups (broad SMARTS) is 1. The second-order valence-corrected chi connectivity index (χ2v) is 2.11. The second kappa shape index (κ2) is 5.95. The molecule has 0 unspecified atom stereocenters. The minimum Gasteiger partial charge on any atom is -0.480 e. The minimum atomic E-state index is -1.16. The van der Waals surface area contributed by atoms with Crippen LogP contribution in [0, 0.1) is 0 Å². The zero-order chi connectivity index (χ0) is 10.3. The number of nitrogens with one attached hydrogen (secondary N) is 2. The van der Waals surface area contributed by atoms with Crippen LogP contribution in [0.5, 0.6) is 0 Å². The highest BCUT2D eigenvalue weighted by atomic mass is 16.4. The zero-order valence-corrected chi connectivity index (χ0v) is 6.74. The number of hydrogen-bond acceptors (Lipinski definition) is 4. The maximum Gasteiger partial charge on any atom is 0.322 e. The Kier molecular flexibility index (Phi) is 5.20. The molecule has 0 spiro atoms. The fourth-order valence-corrected chi connectivity index (χ4v) is 0.471. The van der Waals surface area contributed by atoms with Crippen molar-refractivity contribution in [3.8, 4) is 0 Å². The summed E-state index contributed by atoms with van der Waals surface area (Å²) < 4.78 is 0.